The Morgan fingerprint density at radius 3 is 1.73 bits per heavy atom. The predicted octanol–water partition coefficient (Wildman–Crippen LogP) is 3.95. The summed E-state index contributed by atoms with van der Waals surface area (Å²) in [4.78, 5) is 0. The van der Waals surface area contributed by atoms with Gasteiger partial charge in [0.25, 0.3) is 0 Å². The van der Waals surface area contributed by atoms with Crippen LogP contribution in [0, 0.1) is 0 Å². The summed E-state index contributed by atoms with van der Waals surface area (Å²) >= 11 is 0. The Hall–Kier alpha value is -2.36. The second-order valence-electron chi connectivity index (χ2n) is 6.05. The molecule has 2 aromatic carbocycles. The van der Waals surface area contributed by atoms with Crippen molar-refractivity contribution in [2.45, 2.75) is 39.5 Å². The maximum atomic E-state index is 5.76. The van der Waals surface area contributed by atoms with Crippen molar-refractivity contribution in [1.82, 2.24) is 0 Å². The monoisotopic (exact) mass is 300 g/mol. The highest BCUT2D eigenvalue weighted by Gasteiger charge is 2.04. The summed E-state index contributed by atoms with van der Waals surface area (Å²) in [5, 5.41) is 0. The molecule has 0 unspecified atom stereocenters. The van der Waals surface area contributed by atoms with E-state index in [4.69, 9.17) is 22.9 Å². The highest BCUT2D eigenvalue weighted by Crippen LogP contribution is 2.26. The van der Waals surface area contributed by atoms with Gasteiger partial charge in [-0.15, -0.1) is 0 Å². The van der Waals surface area contributed by atoms with Gasteiger partial charge in [-0.05, 0) is 41.2 Å². The number of anilines is 4. The summed E-state index contributed by atoms with van der Waals surface area (Å²) < 4.78 is 0. The minimum atomic E-state index is 0.443. The van der Waals surface area contributed by atoms with E-state index in [1.807, 2.05) is 30.3 Å². The average Bonchev–Trinajstić information content (AvgIpc) is 2.41. The summed E-state index contributed by atoms with van der Waals surface area (Å²) in [5.41, 5.74) is 27.9. The van der Waals surface area contributed by atoms with Crippen molar-refractivity contribution in [3.05, 3.63) is 47.5 Å². The van der Waals surface area contributed by atoms with E-state index in [1.54, 1.807) is 6.07 Å². The number of hydrogen-bond donors (Lipinski definition) is 4. The number of para-hydroxylation sites is 1. The molecule has 0 aliphatic heterocycles. The van der Waals surface area contributed by atoms with Gasteiger partial charge in [-0.2, -0.15) is 0 Å². The summed E-state index contributed by atoms with van der Waals surface area (Å²) in [6.45, 7) is 8.43. The van der Waals surface area contributed by atoms with Crippen LogP contribution in [0.3, 0.4) is 0 Å². The molecule has 0 aliphatic rings. The molecule has 0 fully saturated rings. The van der Waals surface area contributed by atoms with Crippen LogP contribution >= 0.6 is 0 Å². The second kappa shape index (κ2) is 7.59. The Kier molecular flexibility index (Phi) is 6.11. The van der Waals surface area contributed by atoms with Gasteiger partial charge in [0, 0.05) is 11.4 Å². The summed E-state index contributed by atoms with van der Waals surface area (Å²) in [7, 11) is 0. The molecule has 2 aromatic rings. The smallest absolute Gasteiger partial charge is 0.0582 e. The first kappa shape index (κ1) is 17.7. The van der Waals surface area contributed by atoms with E-state index in [9.17, 15) is 0 Å². The lowest BCUT2D eigenvalue weighted by molar-refractivity contribution is 0.870. The van der Waals surface area contributed by atoms with Crippen LogP contribution in [-0.4, -0.2) is 0 Å². The van der Waals surface area contributed by atoms with Gasteiger partial charge in [-0.1, -0.05) is 45.9 Å². The third-order valence-corrected chi connectivity index (χ3v) is 3.53. The van der Waals surface area contributed by atoms with Crippen molar-refractivity contribution in [2.75, 3.05) is 22.9 Å². The molecule has 4 nitrogen and oxygen atoms in total. The minimum Gasteiger partial charge on any atom is -0.399 e. The Morgan fingerprint density at radius 2 is 1.27 bits per heavy atom. The molecule has 0 spiro atoms. The Morgan fingerprint density at radius 1 is 0.682 bits per heavy atom. The van der Waals surface area contributed by atoms with Crippen molar-refractivity contribution in [1.29, 1.82) is 0 Å². The number of hydrogen-bond acceptors (Lipinski definition) is 4. The van der Waals surface area contributed by atoms with Crippen LogP contribution < -0.4 is 22.9 Å². The lowest BCUT2D eigenvalue weighted by Crippen LogP contribution is -2.00. The summed E-state index contributed by atoms with van der Waals surface area (Å²) in [6, 6.07) is 11.4. The first-order valence-electron chi connectivity index (χ1n) is 7.52. The topological polar surface area (TPSA) is 104 Å². The van der Waals surface area contributed by atoms with Crippen LogP contribution in [0.4, 0.5) is 22.7 Å². The lowest BCUT2D eigenvalue weighted by Gasteiger charge is -2.10. The maximum absolute atomic E-state index is 5.76. The van der Waals surface area contributed by atoms with E-state index >= 15 is 0 Å². The quantitative estimate of drug-likeness (QED) is 0.630. The number of nitrogens with two attached hydrogens (primary N) is 4. The van der Waals surface area contributed by atoms with Crippen molar-refractivity contribution >= 4 is 22.7 Å². The zero-order valence-corrected chi connectivity index (χ0v) is 13.9. The van der Waals surface area contributed by atoms with Gasteiger partial charge in [-0.25, -0.2) is 0 Å². The lowest BCUT2D eigenvalue weighted by atomic mass is 10.0. The molecule has 0 heterocycles. The zero-order chi connectivity index (χ0) is 16.9. The van der Waals surface area contributed by atoms with Crippen molar-refractivity contribution in [3.8, 4) is 0 Å². The largest absolute Gasteiger partial charge is 0.399 e. The number of rotatable bonds is 2. The van der Waals surface area contributed by atoms with Crippen molar-refractivity contribution in [2.24, 2.45) is 0 Å². The van der Waals surface area contributed by atoms with E-state index in [-0.39, 0.29) is 0 Å². The Labute approximate surface area is 133 Å². The van der Waals surface area contributed by atoms with Crippen LogP contribution in [-0.2, 0) is 0 Å². The normalized spacial score (nSPS) is 10.5. The highest BCUT2D eigenvalue weighted by molar-refractivity contribution is 5.67. The molecule has 22 heavy (non-hydrogen) atoms. The third kappa shape index (κ3) is 4.58. The SMILES string of the molecule is CC(C)c1ccc(N)cc1N.CC(C)c1cccc(N)c1N. The van der Waals surface area contributed by atoms with Gasteiger partial charge in [0.1, 0.15) is 0 Å². The molecule has 0 atom stereocenters. The van der Waals surface area contributed by atoms with Crippen LogP contribution in [0.5, 0.6) is 0 Å². The zero-order valence-electron chi connectivity index (χ0n) is 13.9. The van der Waals surface area contributed by atoms with E-state index in [1.165, 1.54) is 5.56 Å². The highest BCUT2D eigenvalue weighted by atomic mass is 14.7. The standard InChI is InChI=1S/2C9H14N2/c1-6(2)8-4-3-7(10)5-9(8)11;1-6(2)7-4-3-5-8(10)9(7)11/h2*3-6H,10-11H2,1-2H3. The van der Waals surface area contributed by atoms with Gasteiger partial charge in [0.2, 0.25) is 0 Å². The number of benzene rings is 2. The molecular weight excluding hydrogens is 272 g/mol. The van der Waals surface area contributed by atoms with E-state index in [0.717, 1.165) is 22.6 Å². The summed E-state index contributed by atoms with van der Waals surface area (Å²) in [5.74, 6) is 0.911. The Balaban J connectivity index is 0.000000220. The van der Waals surface area contributed by atoms with Gasteiger partial charge in [0.05, 0.1) is 11.4 Å². The maximum Gasteiger partial charge on any atom is 0.0582 e. The van der Waals surface area contributed by atoms with Crippen LogP contribution in [0.1, 0.15) is 50.7 Å². The molecule has 0 bridgehead atoms. The van der Waals surface area contributed by atoms with E-state index < -0.39 is 0 Å². The molecule has 0 aromatic heterocycles. The molecule has 0 saturated carbocycles. The molecule has 0 aliphatic carbocycles. The van der Waals surface area contributed by atoms with Crippen LogP contribution in [0.25, 0.3) is 0 Å². The van der Waals surface area contributed by atoms with Crippen LogP contribution in [0.2, 0.25) is 0 Å². The van der Waals surface area contributed by atoms with Gasteiger partial charge >= 0.3 is 0 Å². The predicted molar refractivity (Wildman–Crippen MR) is 98.7 cm³/mol. The molecule has 120 valence electrons. The number of nitrogen functional groups attached to an aromatic ring is 4. The van der Waals surface area contributed by atoms with Crippen molar-refractivity contribution < 1.29 is 0 Å². The molecule has 0 radical (unpaired) electrons. The molecule has 0 saturated heterocycles. The second-order valence-corrected chi connectivity index (χ2v) is 6.05. The first-order chi connectivity index (χ1) is 10.2. The van der Waals surface area contributed by atoms with Crippen LogP contribution in [0.15, 0.2) is 36.4 Å². The minimum absolute atomic E-state index is 0.443. The van der Waals surface area contributed by atoms with Gasteiger partial charge in [0.15, 0.2) is 0 Å². The summed E-state index contributed by atoms with van der Waals surface area (Å²) in [6.07, 6.45) is 0. The molecule has 8 N–H and O–H groups in total. The Bertz CT molecular complexity index is 618. The molecular formula is C18H28N4. The van der Waals surface area contributed by atoms with E-state index in [0.29, 0.717) is 17.5 Å². The average molecular weight is 300 g/mol. The van der Waals surface area contributed by atoms with Gasteiger partial charge in [-0.3, -0.25) is 0 Å². The fourth-order valence-electron chi connectivity index (χ4n) is 2.22. The fraction of sp³-hybridized carbons (Fsp3) is 0.333. The molecule has 0 amide bonds. The third-order valence-electron chi connectivity index (χ3n) is 3.53. The fourth-order valence-corrected chi connectivity index (χ4v) is 2.22. The van der Waals surface area contributed by atoms with Crippen molar-refractivity contribution in [3.63, 3.8) is 0 Å². The first-order valence-corrected chi connectivity index (χ1v) is 7.52. The molecule has 2 rings (SSSR count). The van der Waals surface area contributed by atoms with Gasteiger partial charge < -0.3 is 22.9 Å². The molecule has 4 heteroatoms. The van der Waals surface area contributed by atoms with E-state index in [2.05, 4.69) is 27.7 Å².